The lowest BCUT2D eigenvalue weighted by molar-refractivity contribution is -0.161. The number of hydrogen-bond acceptors (Lipinski definition) is 7. The second kappa shape index (κ2) is 6.54. The third kappa shape index (κ3) is 4.89. The predicted molar refractivity (Wildman–Crippen MR) is 54.6 cm³/mol. The van der Waals surface area contributed by atoms with Gasteiger partial charge in [0.15, 0.2) is 0 Å². The van der Waals surface area contributed by atoms with E-state index >= 15 is 0 Å². The monoisotopic (exact) mass is 304 g/mol. The Morgan fingerprint density at radius 1 is 1.26 bits per heavy atom. The van der Waals surface area contributed by atoms with Gasteiger partial charge in [-0.25, -0.2) is 9.59 Å². The normalized spacial score (nSPS) is 11.8. The summed E-state index contributed by atoms with van der Waals surface area (Å²) in [5.41, 5.74) is -0.562. The molecule has 0 aromatic carbocycles. The van der Waals surface area contributed by atoms with Crippen LogP contribution in [0.25, 0.3) is 0 Å². The molecule has 0 aliphatic rings. The van der Waals surface area contributed by atoms with E-state index in [0.717, 1.165) is 0 Å². The molecule has 0 saturated carbocycles. The summed E-state index contributed by atoms with van der Waals surface area (Å²) in [6.45, 7) is 1.10. The highest BCUT2D eigenvalue weighted by Crippen LogP contribution is 2.22. The number of ether oxygens (including phenoxy) is 2. The predicted octanol–water partition coefficient (Wildman–Crippen LogP) is -0.898. The first-order valence-electron chi connectivity index (χ1n) is 4.52. The van der Waals surface area contributed by atoms with Gasteiger partial charge in [-0.15, -0.1) is 0 Å². The molecule has 11 heteroatoms. The van der Waals surface area contributed by atoms with Crippen LogP contribution in [-0.2, 0) is 29.2 Å². The third-order valence-corrected chi connectivity index (χ3v) is 2.37. The van der Waals surface area contributed by atoms with Crippen LogP contribution in [-0.4, -0.2) is 55.1 Å². The second-order valence-corrected chi connectivity index (χ2v) is 4.49. The van der Waals surface area contributed by atoms with Crippen molar-refractivity contribution in [2.24, 2.45) is 0 Å². The van der Waals surface area contributed by atoms with Gasteiger partial charge in [-0.3, -0.25) is 4.55 Å². The quantitative estimate of drug-likeness (QED) is 0.352. The zero-order valence-corrected chi connectivity index (χ0v) is 10.2. The first kappa shape index (κ1) is 17.4. The molecule has 0 amide bonds. The van der Waals surface area contributed by atoms with E-state index in [2.05, 4.69) is 16.1 Å². The van der Waals surface area contributed by atoms with Crippen molar-refractivity contribution in [1.82, 2.24) is 0 Å². The first-order chi connectivity index (χ1) is 8.54. The Bertz CT molecular complexity index is 469. The number of esters is 2. The van der Waals surface area contributed by atoms with Crippen molar-refractivity contribution in [3.8, 4) is 0 Å². The summed E-state index contributed by atoms with van der Waals surface area (Å²) in [5.74, 6) is -3.69. The number of aliphatic hydroxyl groups excluding tert-OH is 1. The molecular weight excluding hydrogens is 294 g/mol. The molecule has 0 aromatic heterocycles. The fourth-order valence-electron chi connectivity index (χ4n) is 0.641. The number of halogens is 2. The Hall–Kier alpha value is -1.59. The van der Waals surface area contributed by atoms with Crippen LogP contribution in [0, 0.1) is 0 Å². The smallest absolute Gasteiger partial charge is 0.460 e. The lowest BCUT2D eigenvalue weighted by atomic mass is 10.3. The largest absolute Gasteiger partial charge is 0.465 e. The van der Waals surface area contributed by atoms with Crippen LogP contribution >= 0.6 is 0 Å². The molecule has 0 atom stereocenters. The molecular formula is C8H10F2O8S. The van der Waals surface area contributed by atoms with Crippen LogP contribution in [0.15, 0.2) is 12.2 Å². The fraction of sp³-hybridized carbons (Fsp3) is 0.500. The summed E-state index contributed by atoms with van der Waals surface area (Å²) >= 11 is 0. The van der Waals surface area contributed by atoms with Crippen molar-refractivity contribution in [3.63, 3.8) is 0 Å². The average molecular weight is 304 g/mol. The maximum absolute atomic E-state index is 12.7. The van der Waals surface area contributed by atoms with Crippen molar-refractivity contribution >= 4 is 22.1 Å². The Labute approximate surface area is 106 Å². The summed E-state index contributed by atoms with van der Waals surface area (Å²) in [6.07, 6.45) is 0. The Kier molecular flexibility index (Phi) is 5.99. The summed E-state index contributed by atoms with van der Waals surface area (Å²) in [5, 5.41) is 3.17. The molecule has 0 aliphatic heterocycles. The van der Waals surface area contributed by atoms with Crippen LogP contribution in [0.2, 0.25) is 0 Å². The van der Waals surface area contributed by atoms with Crippen LogP contribution in [0.5, 0.6) is 0 Å². The third-order valence-electron chi connectivity index (χ3n) is 1.55. The highest BCUT2D eigenvalue weighted by molar-refractivity contribution is 7.87. The van der Waals surface area contributed by atoms with Gasteiger partial charge in [0, 0.05) is 0 Å². The molecule has 0 fully saturated rings. The minimum atomic E-state index is -5.97. The van der Waals surface area contributed by atoms with Gasteiger partial charge in [-0.1, -0.05) is 6.58 Å². The Morgan fingerprint density at radius 2 is 1.79 bits per heavy atom. The molecule has 0 radical (unpaired) electrons. The van der Waals surface area contributed by atoms with Gasteiger partial charge in [-0.2, -0.15) is 17.2 Å². The zero-order chi connectivity index (χ0) is 15.3. The Balaban J connectivity index is 4.47. The van der Waals surface area contributed by atoms with Crippen LogP contribution < -0.4 is 0 Å². The number of carbonyl (C=O) groups excluding carboxylic acids is 2. The van der Waals surface area contributed by atoms with E-state index in [0.29, 0.717) is 0 Å². The first-order valence-corrected chi connectivity index (χ1v) is 5.96. The summed E-state index contributed by atoms with van der Waals surface area (Å²) in [7, 11) is -5.97. The Morgan fingerprint density at radius 3 is 2.21 bits per heavy atom. The molecule has 0 aromatic rings. The van der Waals surface area contributed by atoms with Gasteiger partial charge in [0.2, 0.25) is 0 Å². The molecule has 0 rings (SSSR count). The van der Waals surface area contributed by atoms with Crippen molar-refractivity contribution in [1.29, 1.82) is 0 Å². The highest BCUT2D eigenvalue weighted by atomic mass is 32.2. The van der Waals surface area contributed by atoms with Crippen LogP contribution in [0.4, 0.5) is 8.78 Å². The van der Waals surface area contributed by atoms with Gasteiger partial charge < -0.3 is 14.6 Å². The molecule has 2 N–H and O–H groups in total. The lowest BCUT2D eigenvalue weighted by Gasteiger charge is -2.12. The second-order valence-electron chi connectivity index (χ2n) is 3.03. The molecule has 0 unspecified atom stereocenters. The molecule has 8 nitrogen and oxygen atoms in total. The van der Waals surface area contributed by atoms with Gasteiger partial charge >= 0.3 is 27.3 Å². The van der Waals surface area contributed by atoms with Gasteiger partial charge in [0.25, 0.3) is 0 Å². The maximum atomic E-state index is 12.7. The lowest BCUT2D eigenvalue weighted by Crippen LogP contribution is -2.39. The topological polar surface area (TPSA) is 127 Å². The maximum Gasteiger partial charge on any atom is 0.465 e. The van der Waals surface area contributed by atoms with Crippen molar-refractivity contribution in [3.05, 3.63) is 12.2 Å². The van der Waals surface area contributed by atoms with Crippen molar-refractivity contribution < 1.29 is 45.9 Å². The van der Waals surface area contributed by atoms with Gasteiger partial charge in [0.1, 0.15) is 13.2 Å². The number of carbonyl (C=O) groups is 2. The average Bonchev–Trinajstić information content (AvgIpc) is 2.30. The minimum absolute atomic E-state index is 0.382. The van der Waals surface area contributed by atoms with E-state index in [1.807, 2.05) is 0 Å². The molecule has 19 heavy (non-hydrogen) atoms. The van der Waals surface area contributed by atoms with Crippen molar-refractivity contribution in [2.75, 3.05) is 19.8 Å². The van der Waals surface area contributed by atoms with Crippen LogP contribution in [0.3, 0.4) is 0 Å². The standard InChI is InChI=1S/C8H10F2O8S/c1-5(6(12)17-3-2-11)4-18-7(13)8(9,10)19(14,15)16/h11H,1-4H2,(H,14,15,16). The number of alkyl halides is 2. The summed E-state index contributed by atoms with van der Waals surface area (Å²) in [6, 6.07) is 0. The van der Waals surface area contributed by atoms with E-state index in [1.165, 1.54) is 0 Å². The number of aliphatic hydroxyl groups is 1. The van der Waals surface area contributed by atoms with Gasteiger partial charge in [0.05, 0.1) is 12.2 Å². The van der Waals surface area contributed by atoms with Crippen LogP contribution in [0.1, 0.15) is 0 Å². The zero-order valence-electron chi connectivity index (χ0n) is 9.34. The minimum Gasteiger partial charge on any atom is -0.460 e. The summed E-state index contributed by atoms with van der Waals surface area (Å²) in [4.78, 5) is 21.7. The van der Waals surface area contributed by atoms with Gasteiger partial charge in [-0.05, 0) is 0 Å². The van der Waals surface area contributed by atoms with Crippen molar-refractivity contribution in [2.45, 2.75) is 5.25 Å². The van der Waals surface area contributed by atoms with E-state index in [-0.39, 0.29) is 6.61 Å². The molecule has 110 valence electrons. The van der Waals surface area contributed by atoms with E-state index in [9.17, 15) is 26.8 Å². The number of hydrogen-bond donors (Lipinski definition) is 2. The van der Waals surface area contributed by atoms with E-state index in [1.54, 1.807) is 0 Å². The highest BCUT2D eigenvalue weighted by Gasteiger charge is 2.54. The molecule has 0 saturated heterocycles. The van der Waals surface area contributed by atoms with E-state index in [4.69, 9.17) is 9.66 Å². The molecule has 0 bridgehead atoms. The fourth-order valence-corrected chi connectivity index (χ4v) is 0.911. The summed E-state index contributed by atoms with van der Waals surface area (Å²) < 4.78 is 61.9. The number of rotatable bonds is 7. The van der Waals surface area contributed by atoms with E-state index < -0.39 is 46.1 Å². The SMILES string of the molecule is C=C(COC(=O)C(F)(F)S(=O)(=O)O)C(=O)OCCO. The molecule has 0 spiro atoms. The molecule has 0 heterocycles. The molecule has 0 aliphatic carbocycles.